The molecule has 0 radical (unpaired) electrons. The van der Waals surface area contributed by atoms with Crippen LogP contribution in [0.5, 0.6) is 0 Å². The van der Waals surface area contributed by atoms with E-state index < -0.39 is 29.3 Å². The van der Waals surface area contributed by atoms with Crippen LogP contribution in [0, 0.1) is 0 Å². The maximum absolute atomic E-state index is 11.4. The fraction of sp³-hybridized carbons (Fsp3) is 0.111. The van der Waals surface area contributed by atoms with E-state index in [1.807, 2.05) is 6.07 Å². The van der Waals surface area contributed by atoms with E-state index >= 15 is 0 Å². The van der Waals surface area contributed by atoms with Gasteiger partial charge in [-0.2, -0.15) is 0 Å². The van der Waals surface area contributed by atoms with Gasteiger partial charge in [-0.1, -0.05) is 0 Å². The summed E-state index contributed by atoms with van der Waals surface area (Å²) in [4.78, 5) is 21.7. The summed E-state index contributed by atoms with van der Waals surface area (Å²) in [5, 5.41) is 10.7. The zero-order chi connectivity index (χ0) is 11.3. The van der Waals surface area contributed by atoms with Gasteiger partial charge >= 0.3 is 103 Å². The van der Waals surface area contributed by atoms with Crippen molar-refractivity contribution < 1.29 is 38.0 Å². The molecule has 0 saturated carbocycles. The monoisotopic (exact) mass is 415 g/mol. The van der Waals surface area contributed by atoms with Crippen LogP contribution in [0.25, 0.3) is 0 Å². The Hall–Kier alpha value is -0.615. The van der Waals surface area contributed by atoms with Crippen molar-refractivity contribution in [3.63, 3.8) is 0 Å². The molecule has 0 heterocycles. The van der Waals surface area contributed by atoms with E-state index in [4.69, 9.17) is 13.4 Å². The van der Waals surface area contributed by atoms with Crippen molar-refractivity contribution in [3.8, 4) is 0 Å². The minimum atomic E-state index is -1.50. The first-order valence-corrected chi connectivity index (χ1v) is 13.8. The van der Waals surface area contributed by atoms with Crippen LogP contribution >= 0.6 is 8.25 Å². The summed E-state index contributed by atoms with van der Waals surface area (Å²) in [5.41, 5.74) is 0.467. The number of rotatable bonds is 4. The fourth-order valence-electron chi connectivity index (χ4n) is 1.05. The molecule has 4 nitrogen and oxygen atoms in total. The fourth-order valence-corrected chi connectivity index (χ4v) is 4.54. The first-order valence-electron chi connectivity index (χ1n) is 4.28. The first-order chi connectivity index (χ1) is 7.13. The molecule has 1 aromatic carbocycles. The summed E-state index contributed by atoms with van der Waals surface area (Å²) in [6.45, 7) is -0.367. The van der Waals surface area contributed by atoms with Gasteiger partial charge in [-0.3, -0.25) is 0 Å². The molecular formula is C9H8ClHgNO3. The van der Waals surface area contributed by atoms with E-state index in [0.717, 1.165) is 3.07 Å². The third-order valence-electron chi connectivity index (χ3n) is 1.74. The molecule has 0 aromatic heterocycles. The molecule has 0 unspecified atom stereocenters. The summed E-state index contributed by atoms with van der Waals surface area (Å²) in [7, 11) is 5.83. The van der Waals surface area contributed by atoms with Gasteiger partial charge in [0.2, 0.25) is 0 Å². The summed E-state index contributed by atoms with van der Waals surface area (Å²) in [5.74, 6) is -1.44. The Balaban J connectivity index is 2.69. The van der Waals surface area contributed by atoms with Crippen LogP contribution in [0.3, 0.4) is 0 Å². The molecule has 6 heteroatoms. The van der Waals surface area contributed by atoms with E-state index in [-0.39, 0.29) is 12.5 Å². The van der Waals surface area contributed by atoms with Crippen molar-refractivity contribution >= 4 is 23.2 Å². The van der Waals surface area contributed by atoms with Gasteiger partial charge in [0.25, 0.3) is 0 Å². The molecule has 1 amide bonds. The molecule has 0 aliphatic carbocycles. The Kier molecular flexibility index (Phi) is 5.04. The second kappa shape index (κ2) is 6.07. The zero-order valence-corrected chi connectivity index (χ0v) is 14.1. The summed E-state index contributed by atoms with van der Waals surface area (Å²) < 4.78 is 1.04. The quantitative estimate of drug-likeness (QED) is 0.700. The van der Waals surface area contributed by atoms with Crippen LogP contribution in [-0.4, -0.2) is 23.5 Å². The van der Waals surface area contributed by atoms with Crippen molar-refractivity contribution in [3.05, 3.63) is 29.8 Å². The van der Waals surface area contributed by atoms with Crippen LogP contribution in [0.2, 0.25) is 0 Å². The van der Waals surface area contributed by atoms with Crippen molar-refractivity contribution in [1.29, 1.82) is 0 Å². The summed E-state index contributed by atoms with van der Waals surface area (Å²) in [6, 6.07) is 7.02. The number of nitrogens with one attached hydrogen (secondary N) is 1. The average molecular weight is 414 g/mol. The van der Waals surface area contributed by atoms with Gasteiger partial charge < -0.3 is 0 Å². The second-order valence-corrected chi connectivity index (χ2v) is 9.47. The molecule has 0 fully saturated rings. The molecule has 76 valence electrons. The molecule has 15 heavy (non-hydrogen) atoms. The number of carbonyl (C=O) groups is 2. The normalized spacial score (nSPS) is 9.13. The molecule has 1 aromatic rings. The van der Waals surface area contributed by atoms with Gasteiger partial charge in [0, 0.05) is 0 Å². The number of amides is 1. The number of hydrogen-bond donors (Lipinski definition) is 2. The number of carboxylic acids is 1. The molecule has 0 bridgehead atoms. The van der Waals surface area contributed by atoms with Crippen LogP contribution in [0.1, 0.15) is 10.4 Å². The van der Waals surface area contributed by atoms with Gasteiger partial charge in [-0.15, -0.1) is 0 Å². The topological polar surface area (TPSA) is 66.4 Å². The first kappa shape index (κ1) is 12.5. The van der Waals surface area contributed by atoms with E-state index in [1.165, 1.54) is 0 Å². The van der Waals surface area contributed by atoms with E-state index in [2.05, 4.69) is 5.32 Å². The zero-order valence-electron chi connectivity index (χ0n) is 7.87. The Morgan fingerprint density at radius 1 is 1.47 bits per heavy atom. The Bertz CT molecular complexity index is 383. The molecule has 0 aliphatic heterocycles. The predicted octanol–water partition coefficient (Wildman–Crippen LogP) is 0.363. The molecule has 0 saturated heterocycles. The number of halogens is 1. The third kappa shape index (κ3) is 4.18. The maximum atomic E-state index is 11.4. The van der Waals surface area contributed by atoms with Crippen molar-refractivity contribution in [2.45, 2.75) is 0 Å². The second-order valence-electron chi connectivity index (χ2n) is 2.91. The molecule has 0 spiro atoms. The molecule has 1 rings (SSSR count). The standard InChI is InChI=1S/C9H8NO3.ClH.Hg/c11-8(12)6-10-9(13)7-4-2-1-3-5-7;;/h1-2,4-5H,6H2,(H,10,13)(H,11,12);1H;/q;;+1/p-1. The van der Waals surface area contributed by atoms with Crippen LogP contribution in [0.4, 0.5) is 0 Å². The SMILES string of the molecule is O=C(O)CNC(=O)c1ccc[c]([Hg][Cl])c1. The Morgan fingerprint density at radius 3 is 2.80 bits per heavy atom. The van der Waals surface area contributed by atoms with E-state index in [0.29, 0.717) is 5.56 Å². The number of benzene rings is 1. The number of carbonyl (C=O) groups excluding carboxylic acids is 1. The number of aliphatic carboxylic acids is 1. The Morgan fingerprint density at radius 2 is 2.20 bits per heavy atom. The summed E-state index contributed by atoms with van der Waals surface area (Å²) in [6.07, 6.45) is 0. The van der Waals surface area contributed by atoms with Crippen LogP contribution in [0.15, 0.2) is 24.3 Å². The van der Waals surface area contributed by atoms with Crippen LogP contribution in [-0.2, 0) is 28.1 Å². The molecule has 2 N–H and O–H groups in total. The van der Waals surface area contributed by atoms with Crippen LogP contribution < -0.4 is 8.39 Å². The average Bonchev–Trinajstić information content (AvgIpc) is 2.26. The number of hydrogen-bond acceptors (Lipinski definition) is 2. The molecule has 0 aliphatic rings. The van der Waals surface area contributed by atoms with Crippen molar-refractivity contribution in [2.75, 3.05) is 6.54 Å². The summed E-state index contributed by atoms with van der Waals surface area (Å²) >= 11 is -1.50. The third-order valence-corrected chi connectivity index (χ3v) is 7.36. The molecular weight excluding hydrogens is 406 g/mol. The van der Waals surface area contributed by atoms with Crippen molar-refractivity contribution in [1.82, 2.24) is 5.32 Å². The van der Waals surface area contributed by atoms with Gasteiger partial charge in [-0.25, -0.2) is 0 Å². The number of carboxylic acid groups (broad SMARTS) is 1. The van der Waals surface area contributed by atoms with E-state index in [1.54, 1.807) is 18.2 Å². The van der Waals surface area contributed by atoms with Gasteiger partial charge in [0.1, 0.15) is 0 Å². The Labute approximate surface area is 102 Å². The van der Waals surface area contributed by atoms with Gasteiger partial charge in [0.05, 0.1) is 0 Å². The van der Waals surface area contributed by atoms with Crippen molar-refractivity contribution in [2.24, 2.45) is 0 Å². The predicted molar refractivity (Wildman–Crippen MR) is 51.9 cm³/mol. The molecule has 0 atom stereocenters. The van der Waals surface area contributed by atoms with E-state index in [9.17, 15) is 9.59 Å². The van der Waals surface area contributed by atoms with Gasteiger partial charge in [-0.05, 0) is 0 Å². The minimum absolute atomic E-state index is 0.367. The van der Waals surface area contributed by atoms with Gasteiger partial charge in [0.15, 0.2) is 0 Å².